The van der Waals surface area contributed by atoms with Crippen molar-refractivity contribution in [2.45, 2.75) is 32.4 Å². The lowest BCUT2D eigenvalue weighted by atomic mass is 10.1. The number of aryl methyl sites for hydroxylation is 1. The fourth-order valence-corrected chi connectivity index (χ4v) is 3.50. The van der Waals surface area contributed by atoms with Crippen LogP contribution in [0.15, 0.2) is 48.9 Å². The SMILES string of the molecule is Cc1nccn1C[C@H]1CCCN1c1ccnc2ccccc12. The molecule has 4 nitrogen and oxygen atoms in total. The topological polar surface area (TPSA) is 34.0 Å². The smallest absolute Gasteiger partial charge is 0.105 e. The zero-order chi connectivity index (χ0) is 14.9. The van der Waals surface area contributed by atoms with Crippen LogP contribution in [0.3, 0.4) is 0 Å². The number of fused-ring (bicyclic) bond motifs is 1. The van der Waals surface area contributed by atoms with Gasteiger partial charge in [-0.05, 0) is 31.9 Å². The molecule has 1 aliphatic rings. The molecular formula is C18H20N4. The standard InChI is InChI=1S/C18H20N4/c1-14-19-10-12-21(14)13-15-5-4-11-22(15)18-8-9-20-17-7-3-2-6-16(17)18/h2-3,6-10,12,15H,4-5,11,13H2,1H3/t15-/m1/s1. The number of hydrogen-bond acceptors (Lipinski definition) is 3. The Labute approximate surface area is 130 Å². The van der Waals surface area contributed by atoms with Crippen molar-refractivity contribution in [1.82, 2.24) is 14.5 Å². The number of benzene rings is 1. The number of pyridine rings is 1. The Morgan fingerprint density at radius 3 is 2.91 bits per heavy atom. The predicted molar refractivity (Wildman–Crippen MR) is 89.1 cm³/mol. The van der Waals surface area contributed by atoms with Gasteiger partial charge in [0.05, 0.1) is 5.52 Å². The minimum absolute atomic E-state index is 0.527. The van der Waals surface area contributed by atoms with Crippen LogP contribution in [-0.2, 0) is 6.54 Å². The molecule has 1 atom stereocenters. The third kappa shape index (κ3) is 2.25. The molecule has 3 aromatic rings. The van der Waals surface area contributed by atoms with Crippen LogP contribution in [0.2, 0.25) is 0 Å². The number of rotatable bonds is 3. The van der Waals surface area contributed by atoms with Gasteiger partial charge in [0.2, 0.25) is 0 Å². The Balaban J connectivity index is 1.69. The van der Waals surface area contributed by atoms with Crippen LogP contribution < -0.4 is 4.90 Å². The average molecular weight is 292 g/mol. The Morgan fingerprint density at radius 1 is 1.14 bits per heavy atom. The van der Waals surface area contributed by atoms with E-state index in [-0.39, 0.29) is 0 Å². The Hall–Kier alpha value is -2.36. The van der Waals surface area contributed by atoms with Gasteiger partial charge >= 0.3 is 0 Å². The van der Waals surface area contributed by atoms with Crippen molar-refractivity contribution in [3.05, 3.63) is 54.7 Å². The van der Waals surface area contributed by atoms with Gasteiger partial charge in [-0.15, -0.1) is 0 Å². The number of imidazole rings is 1. The summed E-state index contributed by atoms with van der Waals surface area (Å²) < 4.78 is 2.26. The summed E-state index contributed by atoms with van der Waals surface area (Å²) in [6.45, 7) is 4.19. The maximum atomic E-state index is 4.49. The molecule has 1 saturated heterocycles. The molecule has 0 unspecified atom stereocenters. The van der Waals surface area contributed by atoms with Gasteiger partial charge in [0, 0.05) is 48.8 Å². The van der Waals surface area contributed by atoms with E-state index in [1.54, 1.807) is 0 Å². The lowest BCUT2D eigenvalue weighted by Gasteiger charge is -2.28. The maximum absolute atomic E-state index is 4.49. The zero-order valence-electron chi connectivity index (χ0n) is 12.8. The molecule has 0 saturated carbocycles. The van der Waals surface area contributed by atoms with E-state index in [9.17, 15) is 0 Å². The van der Waals surface area contributed by atoms with Crippen LogP contribution in [0.25, 0.3) is 10.9 Å². The monoisotopic (exact) mass is 292 g/mol. The summed E-state index contributed by atoms with van der Waals surface area (Å²) >= 11 is 0. The molecule has 0 N–H and O–H groups in total. The normalized spacial score (nSPS) is 18.2. The summed E-state index contributed by atoms with van der Waals surface area (Å²) in [5, 5.41) is 1.25. The summed E-state index contributed by atoms with van der Waals surface area (Å²) in [5.74, 6) is 1.09. The van der Waals surface area contributed by atoms with Gasteiger partial charge in [-0.25, -0.2) is 4.98 Å². The van der Waals surface area contributed by atoms with E-state index in [0.29, 0.717) is 6.04 Å². The van der Waals surface area contributed by atoms with Crippen LogP contribution >= 0.6 is 0 Å². The van der Waals surface area contributed by atoms with Crippen LogP contribution in [-0.4, -0.2) is 27.1 Å². The fourth-order valence-electron chi connectivity index (χ4n) is 3.50. The average Bonchev–Trinajstić information content (AvgIpc) is 3.17. The fraction of sp³-hybridized carbons (Fsp3) is 0.333. The van der Waals surface area contributed by atoms with E-state index in [2.05, 4.69) is 62.9 Å². The van der Waals surface area contributed by atoms with Gasteiger partial charge in [-0.1, -0.05) is 18.2 Å². The third-order valence-electron chi connectivity index (χ3n) is 4.64. The van der Waals surface area contributed by atoms with Crippen molar-refractivity contribution in [2.75, 3.05) is 11.4 Å². The van der Waals surface area contributed by atoms with Gasteiger partial charge in [0.25, 0.3) is 0 Å². The summed E-state index contributed by atoms with van der Waals surface area (Å²) in [7, 11) is 0. The van der Waals surface area contributed by atoms with Crippen LogP contribution in [0, 0.1) is 6.92 Å². The molecule has 0 aliphatic carbocycles. The first-order valence-electron chi connectivity index (χ1n) is 7.91. The molecule has 1 aliphatic heterocycles. The molecular weight excluding hydrogens is 272 g/mol. The number of nitrogens with zero attached hydrogens (tertiary/aromatic N) is 4. The second kappa shape index (κ2) is 5.44. The third-order valence-corrected chi connectivity index (χ3v) is 4.64. The molecule has 1 aromatic carbocycles. The van der Waals surface area contributed by atoms with E-state index in [0.717, 1.165) is 24.4 Å². The second-order valence-electron chi connectivity index (χ2n) is 5.96. The van der Waals surface area contributed by atoms with Crippen molar-refractivity contribution < 1.29 is 0 Å². The van der Waals surface area contributed by atoms with Crippen LogP contribution in [0.1, 0.15) is 18.7 Å². The largest absolute Gasteiger partial charge is 0.366 e. The molecule has 4 rings (SSSR count). The summed E-state index contributed by atoms with van der Waals surface area (Å²) in [4.78, 5) is 11.4. The number of anilines is 1. The van der Waals surface area contributed by atoms with Gasteiger partial charge in [0.1, 0.15) is 5.82 Å². The minimum atomic E-state index is 0.527. The molecule has 112 valence electrons. The first-order chi connectivity index (χ1) is 10.8. The van der Waals surface area contributed by atoms with E-state index in [1.165, 1.54) is 23.9 Å². The van der Waals surface area contributed by atoms with E-state index in [4.69, 9.17) is 0 Å². The number of para-hydroxylation sites is 1. The molecule has 0 amide bonds. The van der Waals surface area contributed by atoms with Crippen molar-refractivity contribution in [3.8, 4) is 0 Å². The summed E-state index contributed by atoms with van der Waals surface area (Å²) in [6.07, 6.45) is 8.37. The van der Waals surface area contributed by atoms with Gasteiger partial charge < -0.3 is 9.47 Å². The van der Waals surface area contributed by atoms with Crippen LogP contribution in [0.4, 0.5) is 5.69 Å². The van der Waals surface area contributed by atoms with Crippen molar-refractivity contribution in [3.63, 3.8) is 0 Å². The lowest BCUT2D eigenvalue weighted by molar-refractivity contribution is 0.541. The second-order valence-corrected chi connectivity index (χ2v) is 5.96. The lowest BCUT2D eigenvalue weighted by Crippen LogP contribution is -2.33. The molecule has 1 fully saturated rings. The van der Waals surface area contributed by atoms with E-state index >= 15 is 0 Å². The molecule has 4 heteroatoms. The van der Waals surface area contributed by atoms with Gasteiger partial charge in [-0.2, -0.15) is 0 Å². The first-order valence-corrected chi connectivity index (χ1v) is 7.91. The Kier molecular flexibility index (Phi) is 3.29. The number of aromatic nitrogens is 3. The molecule has 2 aromatic heterocycles. The minimum Gasteiger partial charge on any atom is -0.366 e. The van der Waals surface area contributed by atoms with Crippen LogP contribution in [0.5, 0.6) is 0 Å². The summed E-state index contributed by atoms with van der Waals surface area (Å²) in [6, 6.07) is 11.1. The van der Waals surface area contributed by atoms with Gasteiger partial charge in [-0.3, -0.25) is 4.98 Å². The quantitative estimate of drug-likeness (QED) is 0.742. The van der Waals surface area contributed by atoms with Crippen molar-refractivity contribution in [1.29, 1.82) is 0 Å². The van der Waals surface area contributed by atoms with E-state index in [1.807, 2.05) is 12.4 Å². The highest BCUT2D eigenvalue weighted by atomic mass is 15.2. The van der Waals surface area contributed by atoms with Crippen molar-refractivity contribution >= 4 is 16.6 Å². The maximum Gasteiger partial charge on any atom is 0.105 e. The Morgan fingerprint density at radius 2 is 2.05 bits per heavy atom. The molecule has 22 heavy (non-hydrogen) atoms. The van der Waals surface area contributed by atoms with Gasteiger partial charge in [0.15, 0.2) is 0 Å². The number of hydrogen-bond donors (Lipinski definition) is 0. The molecule has 0 radical (unpaired) electrons. The molecule has 3 heterocycles. The van der Waals surface area contributed by atoms with E-state index < -0.39 is 0 Å². The molecule has 0 bridgehead atoms. The Bertz CT molecular complexity index is 787. The highest BCUT2D eigenvalue weighted by molar-refractivity contribution is 5.91. The molecule has 0 spiro atoms. The van der Waals surface area contributed by atoms with Crippen molar-refractivity contribution in [2.24, 2.45) is 0 Å². The highest BCUT2D eigenvalue weighted by Crippen LogP contribution is 2.31. The predicted octanol–water partition coefficient (Wildman–Crippen LogP) is 3.41. The highest BCUT2D eigenvalue weighted by Gasteiger charge is 2.26. The summed E-state index contributed by atoms with van der Waals surface area (Å²) in [5.41, 5.74) is 2.38. The zero-order valence-corrected chi connectivity index (χ0v) is 12.8. The first kappa shape index (κ1) is 13.3.